The summed E-state index contributed by atoms with van der Waals surface area (Å²) in [6.45, 7) is 8.10. The molecule has 0 fully saturated rings. The lowest BCUT2D eigenvalue weighted by Crippen LogP contribution is -2.34. The number of hydrogen-bond acceptors (Lipinski definition) is 4. The van der Waals surface area contributed by atoms with Gasteiger partial charge in [0.25, 0.3) is 0 Å². The first-order chi connectivity index (χ1) is 9.01. The molecule has 0 aromatic carbocycles. The molecule has 1 heterocycles. The van der Waals surface area contributed by atoms with Gasteiger partial charge in [-0.2, -0.15) is 5.10 Å². The smallest absolute Gasteiger partial charge is 0.130 e. The molecule has 0 saturated carbocycles. The lowest BCUT2D eigenvalue weighted by atomic mass is 10.1. The number of aromatic nitrogens is 2. The highest BCUT2D eigenvalue weighted by molar-refractivity contribution is 5.50. The molecule has 19 heavy (non-hydrogen) atoms. The molecule has 0 aliphatic heterocycles. The van der Waals surface area contributed by atoms with Crippen molar-refractivity contribution in [3.63, 3.8) is 0 Å². The van der Waals surface area contributed by atoms with E-state index in [1.165, 1.54) is 11.4 Å². The average Bonchev–Trinajstić information content (AvgIpc) is 2.60. The number of rotatable bonds is 8. The third-order valence-corrected chi connectivity index (χ3v) is 3.32. The van der Waals surface area contributed by atoms with Gasteiger partial charge in [-0.15, -0.1) is 0 Å². The first-order valence-corrected chi connectivity index (χ1v) is 7.13. The molecule has 110 valence electrons. The van der Waals surface area contributed by atoms with E-state index in [0.29, 0.717) is 6.54 Å². The zero-order chi connectivity index (χ0) is 14.4. The molecule has 0 amide bonds. The topological polar surface area (TPSA) is 50.3 Å². The second-order valence-corrected chi connectivity index (χ2v) is 5.34. The summed E-state index contributed by atoms with van der Waals surface area (Å²) in [6, 6.07) is 0. The number of likely N-dealkylation sites (N-methyl/N-ethyl adjacent to an activating group) is 1. The molecule has 0 unspecified atom stereocenters. The van der Waals surface area contributed by atoms with E-state index < -0.39 is 0 Å². The molecule has 5 heteroatoms. The third-order valence-electron chi connectivity index (χ3n) is 3.32. The quantitative estimate of drug-likeness (QED) is 0.764. The minimum absolute atomic E-state index is 0.674. The number of nitrogens with zero attached hydrogens (tertiary/aromatic N) is 4. The number of anilines is 1. The second kappa shape index (κ2) is 7.50. The molecule has 0 bridgehead atoms. The normalized spacial score (nSPS) is 11.3. The largest absolute Gasteiger partial charge is 0.355 e. The molecule has 0 saturated heterocycles. The van der Waals surface area contributed by atoms with E-state index >= 15 is 0 Å². The van der Waals surface area contributed by atoms with Crippen LogP contribution in [0.4, 0.5) is 5.82 Å². The molecular weight excluding hydrogens is 238 g/mol. The number of hydrogen-bond donors (Lipinski definition) is 1. The van der Waals surface area contributed by atoms with Crippen molar-refractivity contribution in [3.05, 3.63) is 11.3 Å². The van der Waals surface area contributed by atoms with Crippen LogP contribution in [-0.4, -0.2) is 55.0 Å². The summed E-state index contributed by atoms with van der Waals surface area (Å²) in [5, 5.41) is 4.57. The van der Waals surface area contributed by atoms with Gasteiger partial charge in [-0.1, -0.05) is 6.92 Å². The molecule has 0 atom stereocenters. The van der Waals surface area contributed by atoms with E-state index in [4.69, 9.17) is 5.73 Å². The van der Waals surface area contributed by atoms with Crippen molar-refractivity contribution >= 4 is 5.82 Å². The number of nitrogens with two attached hydrogens (primary N) is 1. The molecule has 5 nitrogen and oxygen atoms in total. The summed E-state index contributed by atoms with van der Waals surface area (Å²) in [5.74, 6) is 1.24. The Morgan fingerprint density at radius 1 is 1.21 bits per heavy atom. The van der Waals surface area contributed by atoms with Gasteiger partial charge in [-0.25, -0.2) is 0 Å². The first-order valence-electron chi connectivity index (χ1n) is 7.13. The van der Waals surface area contributed by atoms with Crippen molar-refractivity contribution < 1.29 is 0 Å². The van der Waals surface area contributed by atoms with Crippen LogP contribution in [0, 0.1) is 6.92 Å². The average molecular weight is 267 g/mol. The molecule has 0 radical (unpaired) electrons. The maximum absolute atomic E-state index is 5.74. The van der Waals surface area contributed by atoms with Crippen LogP contribution in [0.25, 0.3) is 0 Å². The molecule has 0 aliphatic carbocycles. The molecule has 0 aliphatic rings. The summed E-state index contributed by atoms with van der Waals surface area (Å²) in [7, 11) is 6.25. The van der Waals surface area contributed by atoms with Crippen molar-refractivity contribution in [1.29, 1.82) is 0 Å². The van der Waals surface area contributed by atoms with Gasteiger partial charge in [0.1, 0.15) is 5.82 Å². The molecule has 1 aromatic rings. The predicted molar refractivity (Wildman–Crippen MR) is 81.8 cm³/mol. The zero-order valence-corrected chi connectivity index (χ0v) is 13.1. The summed E-state index contributed by atoms with van der Waals surface area (Å²) in [5.41, 5.74) is 8.15. The summed E-state index contributed by atoms with van der Waals surface area (Å²) < 4.78 is 2.01. The molecular formula is C14H29N5. The van der Waals surface area contributed by atoms with Crippen LogP contribution in [0.2, 0.25) is 0 Å². The Morgan fingerprint density at radius 2 is 1.89 bits per heavy atom. The van der Waals surface area contributed by atoms with Crippen LogP contribution in [0.5, 0.6) is 0 Å². The van der Waals surface area contributed by atoms with Crippen molar-refractivity contribution in [2.75, 3.05) is 45.2 Å². The van der Waals surface area contributed by atoms with Crippen LogP contribution in [0.3, 0.4) is 0 Å². The van der Waals surface area contributed by atoms with Gasteiger partial charge in [0, 0.05) is 32.2 Å². The Labute approximate surface area is 117 Å². The Balaban J connectivity index is 2.99. The van der Waals surface area contributed by atoms with E-state index in [1.54, 1.807) is 0 Å². The predicted octanol–water partition coefficient (Wildman–Crippen LogP) is 1.01. The molecule has 2 N–H and O–H groups in total. The maximum Gasteiger partial charge on any atom is 0.130 e. The Kier molecular flexibility index (Phi) is 6.31. The van der Waals surface area contributed by atoms with Gasteiger partial charge in [-0.05, 0) is 40.4 Å². The van der Waals surface area contributed by atoms with E-state index in [1.807, 2.05) is 11.7 Å². The van der Waals surface area contributed by atoms with Crippen molar-refractivity contribution in [2.45, 2.75) is 26.7 Å². The minimum Gasteiger partial charge on any atom is -0.355 e. The Morgan fingerprint density at radius 3 is 2.42 bits per heavy atom. The summed E-state index contributed by atoms with van der Waals surface area (Å²) in [6.07, 6.45) is 2.04. The summed E-state index contributed by atoms with van der Waals surface area (Å²) in [4.78, 5) is 4.65. The van der Waals surface area contributed by atoms with Gasteiger partial charge in [0.15, 0.2) is 0 Å². The van der Waals surface area contributed by atoms with Crippen molar-refractivity contribution in [3.8, 4) is 0 Å². The van der Waals surface area contributed by atoms with Crippen LogP contribution < -0.4 is 10.6 Å². The fourth-order valence-electron chi connectivity index (χ4n) is 2.44. The van der Waals surface area contributed by atoms with E-state index in [-0.39, 0.29) is 0 Å². The Bertz CT molecular complexity index is 383. The SMILES string of the molecule is CCCN(CCN(C)C)c1c(CCN)c(C)nn1C. The fraction of sp³-hybridized carbons (Fsp3) is 0.786. The first kappa shape index (κ1) is 16.0. The fourth-order valence-corrected chi connectivity index (χ4v) is 2.44. The monoisotopic (exact) mass is 267 g/mol. The lowest BCUT2D eigenvalue weighted by molar-refractivity contribution is 0.411. The minimum atomic E-state index is 0.674. The summed E-state index contributed by atoms with van der Waals surface area (Å²) >= 11 is 0. The van der Waals surface area contributed by atoms with Gasteiger partial charge >= 0.3 is 0 Å². The van der Waals surface area contributed by atoms with Crippen molar-refractivity contribution in [2.24, 2.45) is 12.8 Å². The van der Waals surface area contributed by atoms with Gasteiger partial charge < -0.3 is 15.5 Å². The highest BCUT2D eigenvalue weighted by Gasteiger charge is 2.18. The number of aryl methyl sites for hydroxylation is 2. The van der Waals surface area contributed by atoms with Crippen LogP contribution in [-0.2, 0) is 13.5 Å². The molecule has 1 rings (SSSR count). The zero-order valence-electron chi connectivity index (χ0n) is 13.1. The van der Waals surface area contributed by atoms with E-state index in [0.717, 1.165) is 38.2 Å². The highest BCUT2D eigenvalue weighted by atomic mass is 15.4. The van der Waals surface area contributed by atoms with E-state index in [9.17, 15) is 0 Å². The van der Waals surface area contributed by atoms with Gasteiger partial charge in [0.2, 0.25) is 0 Å². The Hall–Kier alpha value is -1.07. The molecule has 1 aromatic heterocycles. The van der Waals surface area contributed by atoms with Crippen LogP contribution in [0.15, 0.2) is 0 Å². The van der Waals surface area contributed by atoms with Crippen LogP contribution >= 0.6 is 0 Å². The third kappa shape index (κ3) is 4.21. The lowest BCUT2D eigenvalue weighted by Gasteiger charge is -2.27. The van der Waals surface area contributed by atoms with Gasteiger partial charge in [0.05, 0.1) is 5.69 Å². The second-order valence-electron chi connectivity index (χ2n) is 5.34. The van der Waals surface area contributed by atoms with Crippen molar-refractivity contribution in [1.82, 2.24) is 14.7 Å². The molecule has 0 spiro atoms. The maximum atomic E-state index is 5.74. The standard InChI is InChI=1S/C14H29N5/c1-6-9-19(11-10-17(3)4)14-13(7-8-15)12(2)16-18(14)5/h6-11,15H2,1-5H3. The highest BCUT2D eigenvalue weighted by Crippen LogP contribution is 2.23. The van der Waals surface area contributed by atoms with Crippen LogP contribution in [0.1, 0.15) is 24.6 Å². The van der Waals surface area contributed by atoms with E-state index in [2.05, 4.69) is 42.8 Å². The van der Waals surface area contributed by atoms with Gasteiger partial charge in [-0.3, -0.25) is 4.68 Å².